The van der Waals surface area contributed by atoms with E-state index in [2.05, 4.69) is 10.6 Å². The van der Waals surface area contributed by atoms with Crippen LogP contribution in [0.5, 0.6) is 0 Å². The SMILES string of the molecule is Cc1ccc(Cl)c(C(=O)NC(Cc2ccc(NC(=O)c3c(Cl)cccc3Cl)cc2)C(=O)O)c1. The Kier molecular flexibility index (Phi) is 7.97. The van der Waals surface area contributed by atoms with Gasteiger partial charge in [-0.3, -0.25) is 9.59 Å². The van der Waals surface area contributed by atoms with Gasteiger partial charge < -0.3 is 15.7 Å². The van der Waals surface area contributed by atoms with E-state index in [9.17, 15) is 19.5 Å². The van der Waals surface area contributed by atoms with Crippen LogP contribution in [-0.2, 0) is 11.2 Å². The summed E-state index contributed by atoms with van der Waals surface area (Å²) in [5, 5.41) is 15.5. The lowest BCUT2D eigenvalue weighted by Gasteiger charge is -2.16. The Morgan fingerprint density at radius 3 is 2.12 bits per heavy atom. The number of halogens is 3. The molecule has 0 bridgehead atoms. The fourth-order valence-electron chi connectivity index (χ4n) is 3.12. The van der Waals surface area contributed by atoms with Crippen molar-refractivity contribution < 1.29 is 19.5 Å². The highest BCUT2D eigenvalue weighted by Gasteiger charge is 2.22. The lowest BCUT2D eigenvalue weighted by Crippen LogP contribution is -2.42. The van der Waals surface area contributed by atoms with Gasteiger partial charge in [0.15, 0.2) is 0 Å². The predicted octanol–water partition coefficient (Wildman–Crippen LogP) is 5.63. The molecule has 33 heavy (non-hydrogen) atoms. The molecule has 0 aromatic heterocycles. The Balaban J connectivity index is 1.69. The molecule has 0 heterocycles. The smallest absolute Gasteiger partial charge is 0.326 e. The van der Waals surface area contributed by atoms with E-state index in [-0.39, 0.29) is 32.6 Å². The number of anilines is 1. The zero-order valence-corrected chi connectivity index (χ0v) is 19.6. The third kappa shape index (κ3) is 6.26. The number of hydrogen-bond donors (Lipinski definition) is 3. The monoisotopic (exact) mass is 504 g/mol. The second kappa shape index (κ2) is 10.7. The van der Waals surface area contributed by atoms with Gasteiger partial charge in [0.05, 0.1) is 26.2 Å². The van der Waals surface area contributed by atoms with Crippen LogP contribution in [0.3, 0.4) is 0 Å². The number of aliphatic carboxylic acids is 1. The fraction of sp³-hybridized carbons (Fsp3) is 0.125. The van der Waals surface area contributed by atoms with Gasteiger partial charge in [0.25, 0.3) is 11.8 Å². The molecule has 0 aliphatic rings. The van der Waals surface area contributed by atoms with E-state index in [1.165, 1.54) is 0 Å². The van der Waals surface area contributed by atoms with Crippen LogP contribution in [-0.4, -0.2) is 28.9 Å². The van der Waals surface area contributed by atoms with Gasteiger partial charge in [0, 0.05) is 12.1 Å². The summed E-state index contributed by atoms with van der Waals surface area (Å²) >= 11 is 18.2. The van der Waals surface area contributed by atoms with E-state index < -0.39 is 23.8 Å². The maximum atomic E-state index is 12.6. The molecule has 0 radical (unpaired) electrons. The fourth-order valence-corrected chi connectivity index (χ4v) is 3.89. The van der Waals surface area contributed by atoms with E-state index >= 15 is 0 Å². The minimum atomic E-state index is -1.18. The van der Waals surface area contributed by atoms with Crippen molar-refractivity contribution in [3.05, 3.63) is 98.0 Å². The van der Waals surface area contributed by atoms with Gasteiger partial charge in [0.2, 0.25) is 0 Å². The van der Waals surface area contributed by atoms with Gasteiger partial charge in [-0.2, -0.15) is 0 Å². The first-order chi connectivity index (χ1) is 15.7. The number of carbonyl (C=O) groups excluding carboxylic acids is 2. The number of benzene rings is 3. The van der Waals surface area contributed by atoms with Crippen LogP contribution in [0.25, 0.3) is 0 Å². The molecule has 0 fully saturated rings. The molecule has 0 saturated carbocycles. The number of carboxylic acid groups (broad SMARTS) is 1. The molecular formula is C24H19Cl3N2O4. The normalized spacial score (nSPS) is 11.5. The molecule has 9 heteroatoms. The standard InChI is InChI=1S/C24H19Cl3N2O4/c1-13-5-10-17(25)16(11-13)22(30)29-20(24(32)33)12-14-6-8-15(9-7-14)28-23(31)21-18(26)3-2-4-19(21)27/h2-11,20H,12H2,1H3,(H,28,31)(H,29,30)(H,32,33). The van der Waals surface area contributed by atoms with Gasteiger partial charge in [0.1, 0.15) is 6.04 Å². The highest BCUT2D eigenvalue weighted by atomic mass is 35.5. The Morgan fingerprint density at radius 1 is 0.879 bits per heavy atom. The molecule has 0 aliphatic carbocycles. The predicted molar refractivity (Wildman–Crippen MR) is 130 cm³/mol. The molecule has 3 aromatic rings. The Labute approximate surface area is 205 Å². The van der Waals surface area contributed by atoms with Crippen molar-refractivity contribution in [2.75, 3.05) is 5.32 Å². The van der Waals surface area contributed by atoms with E-state index in [1.807, 2.05) is 6.92 Å². The van der Waals surface area contributed by atoms with Crippen LogP contribution < -0.4 is 10.6 Å². The van der Waals surface area contributed by atoms with Crippen molar-refractivity contribution in [2.45, 2.75) is 19.4 Å². The maximum absolute atomic E-state index is 12.6. The van der Waals surface area contributed by atoms with Crippen LogP contribution >= 0.6 is 34.8 Å². The molecule has 3 N–H and O–H groups in total. The number of amides is 2. The Bertz CT molecular complexity index is 1190. The number of hydrogen-bond acceptors (Lipinski definition) is 3. The van der Waals surface area contributed by atoms with Crippen LogP contribution in [0.1, 0.15) is 31.8 Å². The highest BCUT2D eigenvalue weighted by Crippen LogP contribution is 2.25. The summed E-state index contributed by atoms with van der Waals surface area (Å²) in [5.41, 5.74) is 2.31. The third-order valence-electron chi connectivity index (χ3n) is 4.81. The first-order valence-electron chi connectivity index (χ1n) is 9.80. The van der Waals surface area contributed by atoms with E-state index in [4.69, 9.17) is 34.8 Å². The number of nitrogens with one attached hydrogen (secondary N) is 2. The largest absolute Gasteiger partial charge is 0.480 e. The summed E-state index contributed by atoms with van der Waals surface area (Å²) in [5.74, 6) is -2.22. The number of rotatable bonds is 7. The molecular weight excluding hydrogens is 487 g/mol. The second-order valence-electron chi connectivity index (χ2n) is 7.30. The number of carboxylic acids is 1. The minimum absolute atomic E-state index is 0.0368. The Morgan fingerprint density at radius 2 is 1.52 bits per heavy atom. The van der Waals surface area contributed by atoms with Gasteiger partial charge in [-0.1, -0.05) is 64.6 Å². The van der Waals surface area contributed by atoms with Crippen molar-refractivity contribution in [1.82, 2.24) is 5.32 Å². The maximum Gasteiger partial charge on any atom is 0.326 e. The van der Waals surface area contributed by atoms with Crippen molar-refractivity contribution in [3.63, 3.8) is 0 Å². The molecule has 1 unspecified atom stereocenters. The summed E-state index contributed by atoms with van der Waals surface area (Å²) < 4.78 is 0. The second-order valence-corrected chi connectivity index (χ2v) is 8.52. The molecule has 2 amide bonds. The quantitative estimate of drug-likeness (QED) is 0.388. The summed E-state index contributed by atoms with van der Waals surface area (Å²) in [7, 11) is 0. The summed E-state index contributed by atoms with van der Waals surface area (Å²) in [6.07, 6.45) is 0.0368. The van der Waals surface area contributed by atoms with Gasteiger partial charge in [-0.05, 0) is 48.9 Å². The number of aryl methyl sites for hydroxylation is 1. The van der Waals surface area contributed by atoms with Crippen molar-refractivity contribution in [1.29, 1.82) is 0 Å². The van der Waals surface area contributed by atoms with E-state index in [1.54, 1.807) is 60.7 Å². The summed E-state index contributed by atoms with van der Waals surface area (Å²) in [6, 6.07) is 15.1. The lowest BCUT2D eigenvalue weighted by molar-refractivity contribution is -0.139. The third-order valence-corrected chi connectivity index (χ3v) is 5.77. The van der Waals surface area contributed by atoms with Gasteiger partial charge >= 0.3 is 5.97 Å². The summed E-state index contributed by atoms with van der Waals surface area (Å²) in [4.78, 5) is 36.8. The first kappa shape index (κ1) is 24.6. The topological polar surface area (TPSA) is 95.5 Å². The van der Waals surface area contributed by atoms with Crippen LogP contribution in [0.15, 0.2) is 60.7 Å². The van der Waals surface area contributed by atoms with Crippen molar-refractivity contribution >= 4 is 58.3 Å². The van der Waals surface area contributed by atoms with Crippen molar-refractivity contribution in [2.24, 2.45) is 0 Å². The van der Waals surface area contributed by atoms with Crippen LogP contribution in [0, 0.1) is 6.92 Å². The first-order valence-corrected chi connectivity index (χ1v) is 10.9. The van der Waals surface area contributed by atoms with Gasteiger partial charge in [-0.25, -0.2) is 4.79 Å². The number of carbonyl (C=O) groups is 3. The molecule has 6 nitrogen and oxygen atoms in total. The average Bonchev–Trinajstić information content (AvgIpc) is 2.76. The molecule has 3 aromatic carbocycles. The molecule has 0 saturated heterocycles. The Hall–Kier alpha value is -3.06. The van der Waals surface area contributed by atoms with E-state index in [0.29, 0.717) is 11.3 Å². The minimum Gasteiger partial charge on any atom is -0.480 e. The molecule has 0 aliphatic heterocycles. The molecule has 0 spiro atoms. The molecule has 3 rings (SSSR count). The zero-order valence-electron chi connectivity index (χ0n) is 17.4. The van der Waals surface area contributed by atoms with Crippen LogP contribution in [0.4, 0.5) is 5.69 Å². The highest BCUT2D eigenvalue weighted by molar-refractivity contribution is 6.40. The summed E-state index contributed by atoms with van der Waals surface area (Å²) in [6.45, 7) is 1.81. The van der Waals surface area contributed by atoms with Crippen molar-refractivity contribution in [3.8, 4) is 0 Å². The van der Waals surface area contributed by atoms with Crippen LogP contribution in [0.2, 0.25) is 15.1 Å². The average molecular weight is 506 g/mol. The zero-order chi connectivity index (χ0) is 24.1. The van der Waals surface area contributed by atoms with Gasteiger partial charge in [-0.15, -0.1) is 0 Å². The molecule has 170 valence electrons. The molecule has 1 atom stereocenters. The van der Waals surface area contributed by atoms with E-state index in [0.717, 1.165) is 5.56 Å². The lowest BCUT2D eigenvalue weighted by atomic mass is 10.0.